The number of thiazole rings is 1. The lowest BCUT2D eigenvalue weighted by Crippen LogP contribution is -1.84. The predicted octanol–water partition coefficient (Wildman–Crippen LogP) is 3.84. The molecule has 0 saturated carbocycles. The van der Waals surface area contributed by atoms with Crippen molar-refractivity contribution in [1.29, 1.82) is 0 Å². The van der Waals surface area contributed by atoms with Crippen LogP contribution in [0, 0.1) is 6.92 Å². The van der Waals surface area contributed by atoms with Crippen LogP contribution in [0.15, 0.2) is 32.8 Å². The average molecular weight is 257 g/mol. The zero-order valence-electron chi connectivity index (χ0n) is 8.03. The summed E-state index contributed by atoms with van der Waals surface area (Å²) in [6, 6.07) is 5.51. The Morgan fingerprint density at radius 2 is 2.27 bits per heavy atom. The standard InChI is InChI=1S/C10H9ClN2S2/c1-6-5-14-10(13-6)15-9-3-2-7(12)4-8(9)11/h2-5H,12H2,1H3. The fraction of sp³-hybridized carbons (Fsp3) is 0.100. The zero-order valence-corrected chi connectivity index (χ0v) is 10.4. The van der Waals surface area contributed by atoms with Crippen LogP contribution in [-0.4, -0.2) is 4.98 Å². The van der Waals surface area contributed by atoms with Gasteiger partial charge in [-0.3, -0.25) is 0 Å². The fourth-order valence-electron chi connectivity index (χ4n) is 1.07. The number of nitrogen functional groups attached to an aromatic ring is 1. The van der Waals surface area contributed by atoms with Crippen molar-refractivity contribution in [3.8, 4) is 0 Å². The minimum atomic E-state index is 0.674. The molecule has 0 amide bonds. The summed E-state index contributed by atoms with van der Waals surface area (Å²) < 4.78 is 0.999. The van der Waals surface area contributed by atoms with Crippen LogP contribution in [-0.2, 0) is 0 Å². The number of hydrogen-bond donors (Lipinski definition) is 1. The molecule has 0 aliphatic rings. The summed E-state index contributed by atoms with van der Waals surface area (Å²) in [5.41, 5.74) is 7.33. The first-order chi connectivity index (χ1) is 7.15. The Bertz CT molecular complexity index is 482. The predicted molar refractivity (Wildman–Crippen MR) is 66.8 cm³/mol. The van der Waals surface area contributed by atoms with Crippen LogP contribution in [0.2, 0.25) is 5.02 Å². The number of nitrogens with two attached hydrogens (primary N) is 1. The molecule has 0 aliphatic carbocycles. The summed E-state index contributed by atoms with van der Waals surface area (Å²) in [6.07, 6.45) is 0. The Hall–Kier alpha value is -0.710. The van der Waals surface area contributed by atoms with E-state index in [4.69, 9.17) is 17.3 Å². The molecule has 5 heteroatoms. The molecule has 1 aromatic heterocycles. The van der Waals surface area contributed by atoms with Crippen LogP contribution < -0.4 is 5.73 Å². The first-order valence-corrected chi connectivity index (χ1v) is 6.37. The Kier molecular flexibility index (Phi) is 3.19. The minimum absolute atomic E-state index is 0.674. The van der Waals surface area contributed by atoms with Crippen LogP contribution in [0.1, 0.15) is 5.69 Å². The molecule has 0 fully saturated rings. The molecule has 0 spiro atoms. The molecule has 0 aliphatic heterocycles. The lowest BCUT2D eigenvalue weighted by molar-refractivity contribution is 1.16. The van der Waals surface area contributed by atoms with Gasteiger partial charge in [-0.05, 0) is 25.1 Å². The summed E-state index contributed by atoms with van der Waals surface area (Å²) in [5, 5.41) is 2.70. The average Bonchev–Trinajstić information content (AvgIpc) is 2.56. The van der Waals surface area contributed by atoms with E-state index in [0.29, 0.717) is 10.7 Å². The number of aromatic nitrogens is 1. The molecule has 78 valence electrons. The van der Waals surface area contributed by atoms with E-state index < -0.39 is 0 Å². The van der Waals surface area contributed by atoms with E-state index >= 15 is 0 Å². The molecule has 0 saturated heterocycles. The van der Waals surface area contributed by atoms with Gasteiger partial charge in [0.15, 0.2) is 4.34 Å². The van der Waals surface area contributed by atoms with E-state index in [1.807, 2.05) is 24.4 Å². The quantitative estimate of drug-likeness (QED) is 0.830. The van der Waals surface area contributed by atoms with Gasteiger partial charge < -0.3 is 5.73 Å². The topological polar surface area (TPSA) is 38.9 Å². The third-order valence-corrected chi connectivity index (χ3v) is 4.31. The van der Waals surface area contributed by atoms with Gasteiger partial charge in [0.2, 0.25) is 0 Å². The molecule has 15 heavy (non-hydrogen) atoms. The summed E-state index contributed by atoms with van der Waals surface area (Å²) >= 11 is 9.25. The highest BCUT2D eigenvalue weighted by molar-refractivity contribution is 8.01. The second-order valence-corrected chi connectivity index (χ2v) is 5.60. The molecule has 1 heterocycles. The molecule has 0 atom stereocenters. The maximum atomic E-state index is 6.06. The molecule has 1 aromatic carbocycles. The largest absolute Gasteiger partial charge is 0.399 e. The maximum absolute atomic E-state index is 6.06. The van der Waals surface area contributed by atoms with Crippen LogP contribution in [0.25, 0.3) is 0 Å². The molecule has 0 unspecified atom stereocenters. The van der Waals surface area contributed by atoms with Crippen LogP contribution in [0.3, 0.4) is 0 Å². The molecule has 0 bridgehead atoms. The van der Waals surface area contributed by atoms with E-state index in [0.717, 1.165) is 14.9 Å². The Labute approximate surface area is 101 Å². The smallest absolute Gasteiger partial charge is 0.154 e. The number of benzene rings is 1. The molecule has 2 aromatic rings. The Balaban J connectivity index is 2.24. The van der Waals surface area contributed by atoms with Crippen molar-refractivity contribution < 1.29 is 0 Å². The van der Waals surface area contributed by atoms with Gasteiger partial charge in [-0.2, -0.15) is 0 Å². The highest BCUT2D eigenvalue weighted by atomic mass is 35.5. The molecule has 0 radical (unpaired) electrons. The van der Waals surface area contributed by atoms with Gasteiger partial charge in [-0.15, -0.1) is 11.3 Å². The van der Waals surface area contributed by atoms with Crippen LogP contribution in [0.4, 0.5) is 5.69 Å². The van der Waals surface area contributed by atoms with Gasteiger partial charge in [0, 0.05) is 21.7 Å². The van der Waals surface area contributed by atoms with Crippen molar-refractivity contribution in [3.05, 3.63) is 34.3 Å². The van der Waals surface area contributed by atoms with Crippen molar-refractivity contribution in [1.82, 2.24) is 4.98 Å². The first kappa shape index (κ1) is 10.8. The van der Waals surface area contributed by atoms with Crippen LogP contribution in [0.5, 0.6) is 0 Å². The molecular weight excluding hydrogens is 248 g/mol. The highest BCUT2D eigenvalue weighted by Gasteiger charge is 2.05. The lowest BCUT2D eigenvalue weighted by atomic mass is 10.3. The summed E-state index contributed by atoms with van der Waals surface area (Å²) in [6.45, 7) is 1.98. The van der Waals surface area contributed by atoms with Gasteiger partial charge in [0.25, 0.3) is 0 Å². The van der Waals surface area contributed by atoms with Gasteiger partial charge in [-0.25, -0.2) is 4.98 Å². The van der Waals surface area contributed by atoms with E-state index in [1.54, 1.807) is 29.2 Å². The highest BCUT2D eigenvalue weighted by Crippen LogP contribution is 2.35. The third kappa shape index (κ3) is 2.65. The van der Waals surface area contributed by atoms with Crippen molar-refractivity contribution in [2.24, 2.45) is 0 Å². The van der Waals surface area contributed by atoms with Crippen molar-refractivity contribution >= 4 is 40.4 Å². The molecule has 2 rings (SSSR count). The fourth-order valence-corrected chi connectivity index (χ4v) is 3.18. The van der Waals surface area contributed by atoms with Gasteiger partial charge in [-0.1, -0.05) is 23.4 Å². The van der Waals surface area contributed by atoms with E-state index in [1.165, 1.54) is 0 Å². The van der Waals surface area contributed by atoms with Crippen molar-refractivity contribution in [2.75, 3.05) is 5.73 Å². The number of nitrogens with zero attached hydrogens (tertiary/aromatic N) is 1. The second kappa shape index (κ2) is 4.43. The van der Waals surface area contributed by atoms with Crippen molar-refractivity contribution in [3.63, 3.8) is 0 Å². The zero-order chi connectivity index (χ0) is 10.8. The number of anilines is 1. The van der Waals surface area contributed by atoms with Gasteiger partial charge in [0.05, 0.1) is 5.02 Å². The summed E-state index contributed by atoms with van der Waals surface area (Å²) in [4.78, 5) is 5.35. The normalized spacial score (nSPS) is 10.5. The summed E-state index contributed by atoms with van der Waals surface area (Å²) in [7, 11) is 0. The second-order valence-electron chi connectivity index (χ2n) is 3.05. The van der Waals surface area contributed by atoms with E-state index in [-0.39, 0.29) is 0 Å². The molecular formula is C10H9ClN2S2. The first-order valence-electron chi connectivity index (χ1n) is 4.30. The Morgan fingerprint density at radius 1 is 1.47 bits per heavy atom. The summed E-state index contributed by atoms with van der Waals surface area (Å²) in [5.74, 6) is 0. The van der Waals surface area contributed by atoms with E-state index in [2.05, 4.69) is 4.98 Å². The van der Waals surface area contributed by atoms with Crippen molar-refractivity contribution in [2.45, 2.75) is 16.2 Å². The number of hydrogen-bond acceptors (Lipinski definition) is 4. The SMILES string of the molecule is Cc1csc(Sc2ccc(N)cc2Cl)n1. The minimum Gasteiger partial charge on any atom is -0.399 e. The molecule has 2 N–H and O–H groups in total. The van der Waals surface area contributed by atoms with Crippen LogP contribution >= 0.6 is 34.7 Å². The van der Waals surface area contributed by atoms with Gasteiger partial charge >= 0.3 is 0 Å². The Morgan fingerprint density at radius 3 is 2.87 bits per heavy atom. The lowest BCUT2D eigenvalue weighted by Gasteiger charge is -2.01. The van der Waals surface area contributed by atoms with Gasteiger partial charge in [0.1, 0.15) is 0 Å². The number of aryl methyl sites for hydroxylation is 1. The maximum Gasteiger partial charge on any atom is 0.154 e. The third-order valence-electron chi connectivity index (χ3n) is 1.75. The monoisotopic (exact) mass is 256 g/mol. The number of halogens is 1. The molecule has 2 nitrogen and oxygen atoms in total. The number of rotatable bonds is 2. The van der Waals surface area contributed by atoms with E-state index in [9.17, 15) is 0 Å².